The minimum atomic E-state index is -1.25. The zero-order chi connectivity index (χ0) is 13.5. The van der Waals surface area contributed by atoms with Crippen molar-refractivity contribution in [2.24, 2.45) is 0 Å². The minimum Gasteiger partial charge on any atom is -0.545 e. The highest BCUT2D eigenvalue weighted by molar-refractivity contribution is 9.10. The van der Waals surface area contributed by atoms with Crippen LogP contribution in [0.5, 0.6) is 11.5 Å². The molecule has 1 rings (SSSR count). The third-order valence-corrected chi connectivity index (χ3v) is 2.60. The molecular weight excluding hydrogens is 300 g/mol. The van der Waals surface area contributed by atoms with Crippen LogP contribution in [0.15, 0.2) is 35.3 Å². The van der Waals surface area contributed by atoms with Gasteiger partial charge in [0.1, 0.15) is 6.61 Å². The Labute approximate surface area is 114 Å². The lowest BCUT2D eigenvalue weighted by atomic mass is 10.2. The van der Waals surface area contributed by atoms with Gasteiger partial charge in [-0.2, -0.15) is 0 Å². The van der Waals surface area contributed by atoms with E-state index in [1.54, 1.807) is 18.2 Å². The number of methoxy groups -OCH3 is 1. The quantitative estimate of drug-likeness (QED) is 0.593. The molecular formula is C13H12BrO4-. The van der Waals surface area contributed by atoms with Crippen molar-refractivity contribution in [3.63, 3.8) is 0 Å². The molecule has 0 aliphatic carbocycles. The van der Waals surface area contributed by atoms with E-state index in [2.05, 4.69) is 22.5 Å². The molecule has 0 N–H and O–H groups in total. The maximum absolute atomic E-state index is 10.3. The highest BCUT2D eigenvalue weighted by Crippen LogP contribution is 2.36. The lowest BCUT2D eigenvalue weighted by Crippen LogP contribution is -2.18. The number of carbonyl (C=O) groups excluding carboxylic acids is 1. The predicted molar refractivity (Wildman–Crippen MR) is 70.4 cm³/mol. The molecule has 96 valence electrons. The summed E-state index contributed by atoms with van der Waals surface area (Å²) < 4.78 is 11.3. The van der Waals surface area contributed by atoms with Crippen LogP contribution in [-0.2, 0) is 4.79 Å². The largest absolute Gasteiger partial charge is 0.545 e. The van der Waals surface area contributed by atoms with Crippen molar-refractivity contribution in [3.05, 3.63) is 40.9 Å². The number of hydrogen-bond acceptors (Lipinski definition) is 4. The van der Waals surface area contributed by atoms with Crippen molar-refractivity contribution < 1.29 is 19.4 Å². The number of carboxylic acid groups (broad SMARTS) is 1. The molecule has 0 saturated carbocycles. The molecule has 0 aromatic heterocycles. The van der Waals surface area contributed by atoms with Crippen LogP contribution >= 0.6 is 15.9 Å². The van der Waals surface area contributed by atoms with Crippen LogP contribution in [0.1, 0.15) is 5.56 Å². The number of ether oxygens (including phenoxy) is 2. The second-order valence-corrected chi connectivity index (χ2v) is 4.14. The normalized spacial score (nSPS) is 10.3. The Balaban J connectivity index is 3.09. The van der Waals surface area contributed by atoms with Gasteiger partial charge in [-0.15, -0.1) is 0 Å². The van der Waals surface area contributed by atoms with E-state index in [4.69, 9.17) is 9.47 Å². The van der Waals surface area contributed by atoms with Gasteiger partial charge in [0, 0.05) is 0 Å². The Morgan fingerprint density at radius 3 is 2.83 bits per heavy atom. The van der Waals surface area contributed by atoms with E-state index in [0.717, 1.165) is 6.08 Å². The van der Waals surface area contributed by atoms with Crippen LogP contribution in [-0.4, -0.2) is 19.7 Å². The summed E-state index contributed by atoms with van der Waals surface area (Å²) in [5.74, 6) is -0.204. The zero-order valence-electron chi connectivity index (χ0n) is 9.81. The van der Waals surface area contributed by atoms with Crippen molar-refractivity contribution >= 4 is 28.0 Å². The summed E-state index contributed by atoms with van der Waals surface area (Å²) in [7, 11) is 1.51. The molecule has 5 heteroatoms. The lowest BCUT2D eigenvalue weighted by molar-refractivity contribution is -0.297. The molecule has 0 spiro atoms. The van der Waals surface area contributed by atoms with Crippen LogP contribution in [0, 0.1) is 0 Å². The highest BCUT2D eigenvalue weighted by Gasteiger charge is 2.10. The van der Waals surface area contributed by atoms with Crippen molar-refractivity contribution in [2.45, 2.75) is 0 Å². The Bertz CT molecular complexity index is 480. The number of carboxylic acids is 1. The van der Waals surface area contributed by atoms with Crippen LogP contribution in [0.3, 0.4) is 0 Å². The van der Waals surface area contributed by atoms with Crippen LogP contribution in [0.4, 0.5) is 0 Å². The molecule has 0 aliphatic rings. The van der Waals surface area contributed by atoms with Gasteiger partial charge in [0.2, 0.25) is 0 Å². The first kappa shape index (κ1) is 14.3. The molecule has 0 aliphatic heterocycles. The van der Waals surface area contributed by atoms with Gasteiger partial charge in [0.25, 0.3) is 0 Å². The van der Waals surface area contributed by atoms with Gasteiger partial charge in [-0.25, -0.2) is 0 Å². The van der Waals surface area contributed by atoms with Crippen LogP contribution < -0.4 is 14.6 Å². The molecule has 4 nitrogen and oxygen atoms in total. The standard InChI is InChI=1S/C13H13BrO4/c1-3-6-18-13-10(14)7-9(4-5-12(15)16)8-11(13)17-2/h3-5,7-8H,1,6H2,2H3,(H,15,16)/p-1/b5-4+. The summed E-state index contributed by atoms with van der Waals surface area (Å²) in [5.41, 5.74) is 0.661. The molecule has 0 saturated heterocycles. The first-order valence-corrected chi connectivity index (χ1v) is 5.88. The molecule has 0 amide bonds. The molecule has 0 heterocycles. The Kier molecular flexibility index (Phi) is 5.45. The van der Waals surface area contributed by atoms with E-state index in [0.29, 0.717) is 28.1 Å². The third-order valence-electron chi connectivity index (χ3n) is 2.01. The lowest BCUT2D eigenvalue weighted by Gasteiger charge is -2.12. The number of halogens is 1. The Morgan fingerprint density at radius 2 is 2.28 bits per heavy atom. The average Bonchev–Trinajstić information content (AvgIpc) is 2.34. The molecule has 1 aromatic rings. The van der Waals surface area contributed by atoms with Gasteiger partial charge in [-0.05, 0) is 39.7 Å². The zero-order valence-corrected chi connectivity index (χ0v) is 11.4. The number of carbonyl (C=O) groups is 1. The molecule has 0 atom stereocenters. The first-order valence-electron chi connectivity index (χ1n) is 5.08. The van der Waals surface area contributed by atoms with Gasteiger partial charge in [0.05, 0.1) is 17.6 Å². The SMILES string of the molecule is C=CCOc1c(Br)cc(/C=C/C(=O)[O-])cc1OC. The summed E-state index contributed by atoms with van der Waals surface area (Å²) in [6.07, 6.45) is 3.99. The van der Waals surface area contributed by atoms with Gasteiger partial charge in [0.15, 0.2) is 11.5 Å². The van der Waals surface area contributed by atoms with Gasteiger partial charge in [-0.3, -0.25) is 0 Å². The fraction of sp³-hybridized carbons (Fsp3) is 0.154. The van der Waals surface area contributed by atoms with Gasteiger partial charge in [-0.1, -0.05) is 18.7 Å². The maximum atomic E-state index is 10.3. The van der Waals surface area contributed by atoms with Crippen LogP contribution in [0.2, 0.25) is 0 Å². The van der Waals surface area contributed by atoms with E-state index in [-0.39, 0.29) is 0 Å². The number of hydrogen-bond donors (Lipinski definition) is 0. The van der Waals surface area contributed by atoms with Crippen molar-refractivity contribution in [1.29, 1.82) is 0 Å². The smallest absolute Gasteiger partial charge is 0.175 e. The predicted octanol–water partition coefficient (Wildman–Crippen LogP) is 1.79. The molecule has 1 aromatic carbocycles. The maximum Gasteiger partial charge on any atom is 0.175 e. The molecule has 0 unspecified atom stereocenters. The van der Waals surface area contributed by atoms with Gasteiger partial charge < -0.3 is 19.4 Å². The number of rotatable bonds is 6. The molecule has 18 heavy (non-hydrogen) atoms. The average molecular weight is 312 g/mol. The topological polar surface area (TPSA) is 58.6 Å². The second-order valence-electron chi connectivity index (χ2n) is 3.29. The Hall–Kier alpha value is -1.75. The summed E-state index contributed by atoms with van der Waals surface area (Å²) >= 11 is 3.34. The highest BCUT2D eigenvalue weighted by atomic mass is 79.9. The Morgan fingerprint density at radius 1 is 1.56 bits per heavy atom. The monoisotopic (exact) mass is 311 g/mol. The fourth-order valence-corrected chi connectivity index (χ4v) is 1.86. The summed E-state index contributed by atoms with van der Waals surface area (Å²) in [4.78, 5) is 10.3. The van der Waals surface area contributed by atoms with Crippen molar-refractivity contribution in [3.8, 4) is 11.5 Å². The molecule has 0 fully saturated rings. The number of benzene rings is 1. The van der Waals surface area contributed by atoms with E-state index in [1.807, 2.05) is 0 Å². The van der Waals surface area contributed by atoms with Crippen molar-refractivity contribution in [1.82, 2.24) is 0 Å². The summed E-state index contributed by atoms with van der Waals surface area (Å²) in [6, 6.07) is 3.39. The third kappa shape index (κ3) is 3.92. The van der Waals surface area contributed by atoms with E-state index in [1.165, 1.54) is 13.2 Å². The molecule has 0 bridgehead atoms. The minimum absolute atomic E-state index is 0.350. The van der Waals surface area contributed by atoms with E-state index >= 15 is 0 Å². The van der Waals surface area contributed by atoms with E-state index in [9.17, 15) is 9.90 Å². The van der Waals surface area contributed by atoms with Gasteiger partial charge >= 0.3 is 0 Å². The van der Waals surface area contributed by atoms with Crippen molar-refractivity contribution in [2.75, 3.05) is 13.7 Å². The summed E-state index contributed by atoms with van der Waals surface area (Å²) in [6.45, 7) is 3.91. The summed E-state index contributed by atoms with van der Waals surface area (Å²) in [5, 5.41) is 10.3. The fourth-order valence-electron chi connectivity index (χ4n) is 1.28. The van der Waals surface area contributed by atoms with E-state index < -0.39 is 5.97 Å². The second kappa shape index (κ2) is 6.86. The first-order chi connectivity index (χ1) is 8.58. The van der Waals surface area contributed by atoms with Crippen LogP contribution in [0.25, 0.3) is 6.08 Å². The molecule has 0 radical (unpaired) electrons. The number of aliphatic carboxylic acids is 1.